The van der Waals surface area contributed by atoms with E-state index in [9.17, 15) is 4.79 Å². The first-order chi connectivity index (χ1) is 15.5. The lowest BCUT2D eigenvalue weighted by Crippen LogP contribution is -2.46. The van der Waals surface area contributed by atoms with E-state index in [-0.39, 0.29) is 5.91 Å². The largest absolute Gasteiger partial charge is 0.371 e. The Balaban J connectivity index is 1.22. The Kier molecular flexibility index (Phi) is 7.79. The van der Waals surface area contributed by atoms with Crippen molar-refractivity contribution in [2.45, 2.75) is 44.7 Å². The summed E-state index contributed by atoms with van der Waals surface area (Å²) in [6.07, 6.45) is 5.57. The van der Waals surface area contributed by atoms with Crippen molar-refractivity contribution in [3.63, 3.8) is 0 Å². The van der Waals surface area contributed by atoms with Gasteiger partial charge in [-0.1, -0.05) is 23.7 Å². The van der Waals surface area contributed by atoms with Gasteiger partial charge in [-0.15, -0.1) is 11.3 Å². The number of anilines is 2. The topological polar surface area (TPSA) is 57.3 Å². The number of thiazole rings is 1. The van der Waals surface area contributed by atoms with Crippen LogP contribution in [-0.2, 0) is 17.6 Å². The maximum atomic E-state index is 12.3. The Morgan fingerprint density at radius 1 is 1.22 bits per heavy atom. The molecule has 1 amide bonds. The molecule has 4 rings (SSSR count). The number of hydrogen-bond acceptors (Lipinski definition) is 5. The number of piperidine rings is 1. The minimum absolute atomic E-state index is 0.0423. The number of rotatable bonds is 8. The average Bonchev–Trinajstić information content (AvgIpc) is 3.28. The molecule has 2 N–H and O–H groups in total. The van der Waals surface area contributed by atoms with Crippen molar-refractivity contribution in [2.24, 2.45) is 0 Å². The van der Waals surface area contributed by atoms with Gasteiger partial charge in [0.15, 0.2) is 0 Å². The van der Waals surface area contributed by atoms with Crippen LogP contribution in [0.5, 0.6) is 0 Å². The Hall–Kier alpha value is -2.41. The molecule has 0 saturated carbocycles. The second kappa shape index (κ2) is 10.9. The first-order valence-electron chi connectivity index (χ1n) is 11.1. The zero-order valence-electron chi connectivity index (χ0n) is 18.3. The summed E-state index contributed by atoms with van der Waals surface area (Å²) in [7, 11) is 0. The van der Waals surface area contributed by atoms with E-state index in [4.69, 9.17) is 11.6 Å². The maximum Gasteiger partial charge on any atom is 0.228 e. The van der Waals surface area contributed by atoms with E-state index in [0.29, 0.717) is 23.5 Å². The maximum absolute atomic E-state index is 12.3. The molecule has 7 heteroatoms. The number of benzene rings is 2. The van der Waals surface area contributed by atoms with Crippen LogP contribution in [0.1, 0.15) is 30.2 Å². The summed E-state index contributed by atoms with van der Waals surface area (Å²) in [4.78, 5) is 20.3. The summed E-state index contributed by atoms with van der Waals surface area (Å²) >= 11 is 7.73. The summed E-state index contributed by atoms with van der Waals surface area (Å²) in [5.74, 6) is -0.0423. The molecular weight excluding hydrogens is 440 g/mol. The predicted octanol–water partition coefficient (Wildman–Crippen LogP) is 5.17. The smallest absolute Gasteiger partial charge is 0.228 e. The van der Waals surface area contributed by atoms with Gasteiger partial charge >= 0.3 is 0 Å². The van der Waals surface area contributed by atoms with Crippen molar-refractivity contribution >= 4 is 40.2 Å². The van der Waals surface area contributed by atoms with Gasteiger partial charge in [0.25, 0.3) is 0 Å². The molecule has 1 aromatic heterocycles. The molecule has 1 unspecified atom stereocenters. The van der Waals surface area contributed by atoms with Gasteiger partial charge in [0.2, 0.25) is 5.91 Å². The fourth-order valence-corrected chi connectivity index (χ4v) is 5.14. The van der Waals surface area contributed by atoms with Crippen LogP contribution in [0.3, 0.4) is 0 Å². The highest BCUT2D eigenvalue weighted by atomic mass is 35.5. The average molecular weight is 469 g/mol. The first kappa shape index (κ1) is 22.8. The summed E-state index contributed by atoms with van der Waals surface area (Å²) in [6.45, 7) is 4.32. The van der Waals surface area contributed by atoms with Gasteiger partial charge in [-0.25, -0.2) is 0 Å². The van der Waals surface area contributed by atoms with Crippen molar-refractivity contribution in [1.82, 2.24) is 10.3 Å². The number of aromatic nitrogens is 1. The Bertz CT molecular complexity index is 1000. The van der Waals surface area contributed by atoms with E-state index in [1.54, 1.807) is 11.3 Å². The molecule has 168 valence electrons. The van der Waals surface area contributed by atoms with E-state index in [1.807, 2.05) is 48.1 Å². The third kappa shape index (κ3) is 6.55. The number of nitrogens with one attached hydrogen (secondary N) is 2. The van der Waals surface area contributed by atoms with Gasteiger partial charge in [-0.05, 0) is 68.1 Å². The molecule has 1 aliphatic heterocycles. The predicted molar refractivity (Wildman–Crippen MR) is 134 cm³/mol. The zero-order valence-corrected chi connectivity index (χ0v) is 19.8. The van der Waals surface area contributed by atoms with Gasteiger partial charge in [0.1, 0.15) is 0 Å². The van der Waals surface area contributed by atoms with Gasteiger partial charge < -0.3 is 15.5 Å². The standard InChI is InChI=1S/C25H29ClN4OS/c1-18(13-24-16-27-17-32-24)28-22-9-11-30(12-10-22)23-7-5-21(6-8-23)29-25(31)15-19-3-2-4-20(26)14-19/h2-8,14,16-18,22,28H,9-13,15H2,1H3,(H,29,31). The number of carbonyl (C=O) groups is 1. The van der Waals surface area contributed by atoms with Crippen LogP contribution in [0.4, 0.5) is 11.4 Å². The van der Waals surface area contributed by atoms with Crippen LogP contribution in [0.15, 0.2) is 60.2 Å². The lowest BCUT2D eigenvalue weighted by molar-refractivity contribution is -0.115. The number of hydrogen-bond donors (Lipinski definition) is 2. The molecule has 0 spiro atoms. The van der Waals surface area contributed by atoms with E-state index in [1.165, 1.54) is 10.6 Å². The van der Waals surface area contributed by atoms with Gasteiger partial charge in [0, 0.05) is 52.6 Å². The van der Waals surface area contributed by atoms with Crippen molar-refractivity contribution < 1.29 is 4.79 Å². The molecule has 32 heavy (non-hydrogen) atoms. The molecular formula is C25H29ClN4OS. The fourth-order valence-electron chi connectivity index (χ4n) is 4.20. The van der Waals surface area contributed by atoms with Crippen LogP contribution in [0, 0.1) is 0 Å². The minimum atomic E-state index is -0.0423. The molecule has 1 saturated heterocycles. The molecule has 0 bridgehead atoms. The van der Waals surface area contributed by atoms with Crippen LogP contribution < -0.4 is 15.5 Å². The van der Waals surface area contributed by atoms with E-state index in [0.717, 1.165) is 43.6 Å². The summed E-state index contributed by atoms with van der Waals surface area (Å²) < 4.78 is 0. The molecule has 1 aliphatic rings. The zero-order chi connectivity index (χ0) is 22.3. The van der Waals surface area contributed by atoms with Crippen molar-refractivity contribution in [2.75, 3.05) is 23.3 Å². The second-order valence-corrected chi connectivity index (χ2v) is 9.81. The van der Waals surface area contributed by atoms with E-state index in [2.05, 4.69) is 39.6 Å². The molecule has 3 aromatic rings. The highest BCUT2D eigenvalue weighted by molar-refractivity contribution is 7.09. The highest BCUT2D eigenvalue weighted by Gasteiger charge is 2.21. The Labute approximate surface area is 198 Å². The monoisotopic (exact) mass is 468 g/mol. The Morgan fingerprint density at radius 2 is 2.00 bits per heavy atom. The van der Waals surface area contributed by atoms with Gasteiger partial charge in [0.05, 0.1) is 11.9 Å². The van der Waals surface area contributed by atoms with Gasteiger partial charge in [-0.2, -0.15) is 0 Å². The van der Waals surface area contributed by atoms with Crippen molar-refractivity contribution in [3.05, 3.63) is 75.7 Å². The molecule has 1 atom stereocenters. The third-order valence-electron chi connectivity index (χ3n) is 5.78. The first-order valence-corrected chi connectivity index (χ1v) is 12.3. The quantitative estimate of drug-likeness (QED) is 0.479. The summed E-state index contributed by atoms with van der Waals surface area (Å²) in [6, 6.07) is 16.6. The molecule has 0 radical (unpaired) electrons. The van der Waals surface area contributed by atoms with E-state index >= 15 is 0 Å². The highest BCUT2D eigenvalue weighted by Crippen LogP contribution is 2.23. The van der Waals surface area contributed by atoms with Crippen molar-refractivity contribution in [3.8, 4) is 0 Å². The van der Waals surface area contributed by atoms with Crippen LogP contribution in [0.2, 0.25) is 5.02 Å². The second-order valence-electron chi connectivity index (χ2n) is 8.40. The molecule has 5 nitrogen and oxygen atoms in total. The number of nitrogens with zero attached hydrogens (tertiary/aromatic N) is 2. The van der Waals surface area contributed by atoms with Crippen molar-refractivity contribution in [1.29, 1.82) is 0 Å². The number of carbonyl (C=O) groups excluding carboxylic acids is 1. The third-order valence-corrected chi connectivity index (χ3v) is 6.81. The molecule has 0 aliphatic carbocycles. The lowest BCUT2D eigenvalue weighted by Gasteiger charge is -2.35. The van der Waals surface area contributed by atoms with Crippen LogP contribution in [-0.4, -0.2) is 36.1 Å². The SMILES string of the molecule is CC(Cc1cncs1)NC1CCN(c2ccc(NC(=O)Cc3cccc(Cl)c3)cc2)CC1. The normalized spacial score (nSPS) is 15.5. The van der Waals surface area contributed by atoms with Gasteiger partial charge in [-0.3, -0.25) is 9.78 Å². The van der Waals surface area contributed by atoms with Crippen LogP contribution >= 0.6 is 22.9 Å². The number of amides is 1. The molecule has 2 heterocycles. The van der Waals surface area contributed by atoms with Crippen LogP contribution in [0.25, 0.3) is 0 Å². The fraction of sp³-hybridized carbons (Fsp3) is 0.360. The van der Waals surface area contributed by atoms with E-state index < -0.39 is 0 Å². The lowest BCUT2D eigenvalue weighted by atomic mass is 10.0. The summed E-state index contributed by atoms with van der Waals surface area (Å²) in [5, 5.41) is 7.40. The molecule has 1 fully saturated rings. The minimum Gasteiger partial charge on any atom is -0.371 e. The summed E-state index contributed by atoms with van der Waals surface area (Å²) in [5.41, 5.74) is 4.82. The molecule has 2 aromatic carbocycles. The Morgan fingerprint density at radius 3 is 2.69 bits per heavy atom. The number of halogens is 1.